The molecule has 0 aliphatic carbocycles. The van der Waals surface area contributed by atoms with Crippen LogP contribution >= 0.6 is 0 Å². The number of carbonyl (C=O) groups excluding carboxylic acids is 1. The van der Waals surface area contributed by atoms with Crippen LogP contribution in [0.3, 0.4) is 0 Å². The number of rotatable bonds is 11. The Morgan fingerprint density at radius 3 is 2.39 bits per heavy atom. The summed E-state index contributed by atoms with van der Waals surface area (Å²) in [6, 6.07) is 24.1. The van der Waals surface area contributed by atoms with E-state index in [1.807, 2.05) is 71.5 Å². The first-order valence-corrected chi connectivity index (χ1v) is 11.2. The van der Waals surface area contributed by atoms with Crippen molar-refractivity contribution in [3.63, 3.8) is 0 Å². The van der Waals surface area contributed by atoms with Crippen molar-refractivity contribution in [2.45, 2.75) is 25.8 Å². The van der Waals surface area contributed by atoms with Gasteiger partial charge in [-0.15, -0.1) is 0 Å². The highest BCUT2D eigenvalue weighted by Gasteiger charge is 2.13. The van der Waals surface area contributed by atoms with Crippen molar-refractivity contribution in [2.24, 2.45) is 0 Å². The Hall–Kier alpha value is -3.77. The topological polar surface area (TPSA) is 69.0 Å². The van der Waals surface area contributed by atoms with Crippen molar-refractivity contribution >= 4 is 5.91 Å². The van der Waals surface area contributed by atoms with Crippen molar-refractivity contribution in [2.75, 3.05) is 13.2 Å². The van der Waals surface area contributed by atoms with Crippen molar-refractivity contribution in [1.82, 2.24) is 20.1 Å². The van der Waals surface area contributed by atoms with Crippen molar-refractivity contribution in [1.29, 1.82) is 0 Å². The number of pyridine rings is 1. The second kappa shape index (κ2) is 11.7. The predicted octanol–water partition coefficient (Wildman–Crippen LogP) is 4.59. The lowest BCUT2D eigenvalue weighted by Crippen LogP contribution is -2.23. The minimum atomic E-state index is 0.00907. The molecule has 168 valence electrons. The second-order valence-electron chi connectivity index (χ2n) is 7.75. The fraction of sp³-hybridized carbons (Fsp3) is 0.222. The van der Waals surface area contributed by atoms with E-state index < -0.39 is 0 Å². The van der Waals surface area contributed by atoms with Crippen LogP contribution in [-0.4, -0.2) is 33.9 Å². The molecule has 4 aromatic rings. The van der Waals surface area contributed by atoms with Gasteiger partial charge in [0.2, 0.25) is 5.91 Å². The molecule has 2 aromatic carbocycles. The van der Waals surface area contributed by atoms with E-state index in [-0.39, 0.29) is 5.91 Å². The minimum Gasteiger partial charge on any atom is -0.381 e. The number of benzene rings is 2. The van der Waals surface area contributed by atoms with Gasteiger partial charge >= 0.3 is 0 Å². The zero-order chi connectivity index (χ0) is 22.7. The van der Waals surface area contributed by atoms with Crippen LogP contribution in [-0.2, 0) is 22.5 Å². The van der Waals surface area contributed by atoms with Gasteiger partial charge in [0.25, 0.3) is 0 Å². The largest absolute Gasteiger partial charge is 0.381 e. The van der Waals surface area contributed by atoms with E-state index in [1.54, 1.807) is 12.4 Å². The molecular formula is C27H28N4O2. The predicted molar refractivity (Wildman–Crippen MR) is 129 cm³/mol. The maximum absolute atomic E-state index is 12.4. The molecule has 6 heteroatoms. The van der Waals surface area contributed by atoms with Crippen LogP contribution in [0.2, 0.25) is 0 Å². The highest BCUT2D eigenvalue weighted by molar-refractivity contribution is 5.76. The maximum Gasteiger partial charge on any atom is 0.220 e. The number of carbonyl (C=O) groups is 1. The lowest BCUT2D eigenvalue weighted by molar-refractivity contribution is -0.121. The summed E-state index contributed by atoms with van der Waals surface area (Å²) in [5.41, 5.74) is 4.99. The van der Waals surface area contributed by atoms with Crippen LogP contribution in [0.4, 0.5) is 0 Å². The van der Waals surface area contributed by atoms with Crippen LogP contribution in [0.15, 0.2) is 91.4 Å². The summed E-state index contributed by atoms with van der Waals surface area (Å²) in [7, 11) is 0. The molecule has 0 saturated carbocycles. The van der Waals surface area contributed by atoms with Gasteiger partial charge in [-0.25, -0.2) is 4.68 Å². The molecule has 0 aliphatic heterocycles. The third-order valence-electron chi connectivity index (χ3n) is 5.31. The van der Waals surface area contributed by atoms with Gasteiger partial charge in [-0.2, -0.15) is 5.10 Å². The third-order valence-corrected chi connectivity index (χ3v) is 5.31. The number of nitrogens with zero attached hydrogens (tertiary/aromatic N) is 3. The molecule has 6 nitrogen and oxygen atoms in total. The lowest BCUT2D eigenvalue weighted by atomic mass is 10.1. The molecule has 0 unspecified atom stereocenters. The van der Waals surface area contributed by atoms with Gasteiger partial charge in [-0.05, 0) is 42.7 Å². The zero-order valence-corrected chi connectivity index (χ0v) is 18.6. The van der Waals surface area contributed by atoms with Crippen molar-refractivity contribution in [3.05, 3.63) is 103 Å². The van der Waals surface area contributed by atoms with Crippen LogP contribution in [0.5, 0.6) is 0 Å². The van der Waals surface area contributed by atoms with Crippen LogP contribution in [0.25, 0.3) is 16.9 Å². The average Bonchev–Trinajstić information content (AvgIpc) is 3.31. The molecule has 0 aliphatic rings. The Bertz CT molecular complexity index is 1130. The molecule has 0 spiro atoms. The summed E-state index contributed by atoms with van der Waals surface area (Å²) >= 11 is 0. The molecule has 0 radical (unpaired) electrons. The average molecular weight is 441 g/mol. The summed E-state index contributed by atoms with van der Waals surface area (Å²) < 4.78 is 7.53. The SMILES string of the molecule is O=C(CCCOCCc1ccccc1)NCc1cn(-c2ccccc2)nc1-c1ccncc1. The number of nitrogens with one attached hydrogen (secondary N) is 1. The van der Waals surface area contributed by atoms with Crippen LogP contribution < -0.4 is 5.32 Å². The first-order chi connectivity index (χ1) is 16.3. The molecule has 1 N–H and O–H groups in total. The van der Waals surface area contributed by atoms with Gasteiger partial charge in [-0.1, -0.05) is 48.5 Å². The molecule has 0 bridgehead atoms. The quantitative estimate of drug-likeness (QED) is 0.346. The summed E-state index contributed by atoms with van der Waals surface area (Å²) in [5, 5.41) is 7.79. The summed E-state index contributed by atoms with van der Waals surface area (Å²) in [6.45, 7) is 1.66. The van der Waals surface area contributed by atoms with Crippen LogP contribution in [0.1, 0.15) is 24.0 Å². The Morgan fingerprint density at radius 2 is 1.64 bits per heavy atom. The normalized spacial score (nSPS) is 10.8. The third kappa shape index (κ3) is 6.60. The molecule has 0 saturated heterocycles. The highest BCUT2D eigenvalue weighted by atomic mass is 16.5. The van der Waals surface area contributed by atoms with Crippen molar-refractivity contribution < 1.29 is 9.53 Å². The van der Waals surface area contributed by atoms with E-state index in [1.165, 1.54) is 5.56 Å². The summed E-state index contributed by atoms with van der Waals surface area (Å²) in [6.07, 6.45) is 7.48. The maximum atomic E-state index is 12.4. The second-order valence-corrected chi connectivity index (χ2v) is 7.75. The number of hydrogen-bond donors (Lipinski definition) is 1. The lowest BCUT2D eigenvalue weighted by Gasteiger charge is -2.07. The standard InChI is InChI=1S/C27H28N4O2/c32-26(12-7-18-33-19-15-22-8-3-1-4-9-22)29-20-24-21-31(25-10-5-2-6-11-25)30-27(24)23-13-16-28-17-14-23/h1-6,8-11,13-14,16-17,21H,7,12,15,18-20H2,(H,29,32). The smallest absolute Gasteiger partial charge is 0.220 e. The number of para-hydroxylation sites is 1. The first kappa shape index (κ1) is 22.4. The highest BCUT2D eigenvalue weighted by Crippen LogP contribution is 2.23. The van der Waals surface area contributed by atoms with Crippen molar-refractivity contribution in [3.8, 4) is 16.9 Å². The molecule has 0 atom stereocenters. The minimum absolute atomic E-state index is 0.00907. The molecule has 2 aromatic heterocycles. The molecule has 0 fully saturated rings. The number of aromatic nitrogens is 3. The Kier molecular flexibility index (Phi) is 7.98. The monoisotopic (exact) mass is 440 g/mol. The molecule has 4 rings (SSSR count). The Labute approximate surface area is 194 Å². The number of ether oxygens (including phenoxy) is 1. The van der Waals surface area contributed by atoms with Gasteiger partial charge < -0.3 is 10.1 Å². The van der Waals surface area contributed by atoms with Gasteiger partial charge in [-0.3, -0.25) is 9.78 Å². The Balaban J connectivity index is 1.28. The molecule has 1 amide bonds. The summed E-state index contributed by atoms with van der Waals surface area (Å²) in [5.74, 6) is 0.00907. The number of hydrogen-bond acceptors (Lipinski definition) is 4. The Morgan fingerprint density at radius 1 is 0.909 bits per heavy atom. The number of amides is 1. The fourth-order valence-corrected chi connectivity index (χ4v) is 3.56. The van der Waals surface area contributed by atoms with E-state index in [0.717, 1.165) is 28.9 Å². The van der Waals surface area contributed by atoms with E-state index in [9.17, 15) is 4.79 Å². The van der Waals surface area contributed by atoms with Gasteiger partial charge in [0.1, 0.15) is 0 Å². The molecular weight excluding hydrogens is 412 g/mol. The van der Waals surface area contributed by atoms with Gasteiger partial charge in [0, 0.05) is 49.3 Å². The zero-order valence-electron chi connectivity index (χ0n) is 18.6. The van der Waals surface area contributed by atoms with E-state index in [4.69, 9.17) is 9.84 Å². The van der Waals surface area contributed by atoms with Gasteiger partial charge in [0.15, 0.2) is 0 Å². The van der Waals surface area contributed by atoms with E-state index in [2.05, 4.69) is 22.4 Å². The fourth-order valence-electron chi connectivity index (χ4n) is 3.56. The molecule has 2 heterocycles. The van der Waals surface area contributed by atoms with Gasteiger partial charge in [0.05, 0.1) is 18.0 Å². The molecule has 33 heavy (non-hydrogen) atoms. The van der Waals surface area contributed by atoms with E-state index >= 15 is 0 Å². The van der Waals surface area contributed by atoms with Crippen LogP contribution in [0, 0.1) is 0 Å². The first-order valence-electron chi connectivity index (χ1n) is 11.2. The summed E-state index contributed by atoms with van der Waals surface area (Å²) in [4.78, 5) is 16.5. The van der Waals surface area contributed by atoms with E-state index in [0.29, 0.717) is 32.6 Å².